The van der Waals surface area contributed by atoms with Gasteiger partial charge in [0.05, 0.1) is 10.2 Å². The minimum absolute atomic E-state index is 0.0392. The molecule has 0 unspecified atom stereocenters. The van der Waals surface area contributed by atoms with Gasteiger partial charge in [-0.25, -0.2) is 4.98 Å². The van der Waals surface area contributed by atoms with Crippen molar-refractivity contribution in [1.29, 1.82) is 0 Å². The maximum Gasteiger partial charge on any atom is 0.193 e. The zero-order valence-electron chi connectivity index (χ0n) is 8.03. The quantitative estimate of drug-likeness (QED) is 0.847. The zero-order valence-corrected chi connectivity index (χ0v) is 11.1. The number of benzene rings is 1. The Kier molecular flexibility index (Phi) is 3.62. The third-order valence-electron chi connectivity index (χ3n) is 2.02. The first-order chi connectivity index (χ1) is 7.46. The van der Waals surface area contributed by atoms with Crippen LogP contribution in [0.4, 0.5) is 0 Å². The first-order valence-electron chi connectivity index (χ1n) is 4.56. The summed E-state index contributed by atoms with van der Waals surface area (Å²) in [5, 5.41) is 10.4. The van der Waals surface area contributed by atoms with Crippen LogP contribution in [0.25, 0.3) is 10.2 Å². The fourth-order valence-corrected chi connectivity index (χ4v) is 2.73. The van der Waals surface area contributed by atoms with Crippen molar-refractivity contribution in [2.24, 2.45) is 0 Å². The van der Waals surface area contributed by atoms with Gasteiger partial charge in [-0.1, -0.05) is 46.9 Å². The van der Waals surface area contributed by atoms with Crippen LogP contribution in [0.5, 0.6) is 0 Å². The van der Waals surface area contributed by atoms with E-state index in [1.807, 2.05) is 24.3 Å². The Morgan fingerprint density at radius 2 is 2.00 bits per heavy atom. The second-order valence-electron chi connectivity index (χ2n) is 3.35. The molecule has 6 heteroatoms. The monoisotopic (exact) mass is 295 g/mol. The Labute approximate surface area is 112 Å². The molecule has 1 N–H and O–H groups in total. The molecular weight excluding hydrogens is 289 g/mol. The molecule has 86 valence electrons. The second-order valence-corrected chi connectivity index (χ2v) is 6.93. The van der Waals surface area contributed by atoms with Crippen molar-refractivity contribution in [2.45, 2.75) is 16.3 Å². The molecule has 0 bridgehead atoms. The highest BCUT2D eigenvalue weighted by molar-refractivity contribution is 7.18. The molecule has 1 aromatic carbocycles. The molecular formula is C10H8Cl3NOS. The number of aliphatic hydroxyl groups excluding tert-OH is 1. The molecule has 0 saturated heterocycles. The fraction of sp³-hybridized carbons (Fsp3) is 0.300. The molecule has 2 rings (SSSR count). The molecule has 1 atom stereocenters. The number of fused-ring (bicyclic) bond motifs is 1. The standard InChI is InChI=1S/C10H8Cl3NOS/c11-10(12,13)5-7(15)9-14-6-3-1-2-4-8(6)16-9/h1-4,7,15H,5H2/t7-/m0/s1. The third-order valence-corrected chi connectivity index (χ3v) is 3.62. The Hall–Kier alpha value is -0.0600. The second kappa shape index (κ2) is 4.67. The molecule has 0 amide bonds. The van der Waals surface area contributed by atoms with E-state index in [4.69, 9.17) is 34.8 Å². The lowest BCUT2D eigenvalue weighted by atomic mass is 10.3. The zero-order chi connectivity index (χ0) is 11.8. The number of aliphatic hydroxyl groups is 1. The van der Waals surface area contributed by atoms with E-state index in [-0.39, 0.29) is 6.42 Å². The van der Waals surface area contributed by atoms with Gasteiger partial charge < -0.3 is 5.11 Å². The lowest BCUT2D eigenvalue weighted by Crippen LogP contribution is -2.09. The molecule has 0 fully saturated rings. The predicted molar refractivity (Wildman–Crippen MR) is 69.5 cm³/mol. The van der Waals surface area contributed by atoms with Crippen molar-refractivity contribution in [2.75, 3.05) is 0 Å². The Bertz CT molecular complexity index is 461. The summed E-state index contributed by atoms with van der Waals surface area (Å²) >= 11 is 18.3. The number of halogens is 3. The van der Waals surface area contributed by atoms with Gasteiger partial charge in [-0.05, 0) is 12.1 Å². The van der Waals surface area contributed by atoms with Crippen molar-refractivity contribution in [3.8, 4) is 0 Å². The molecule has 0 spiro atoms. The van der Waals surface area contributed by atoms with Crippen LogP contribution in [-0.4, -0.2) is 13.9 Å². The first-order valence-corrected chi connectivity index (χ1v) is 6.51. The normalized spacial score (nSPS) is 14.2. The first kappa shape index (κ1) is 12.4. The third kappa shape index (κ3) is 2.99. The lowest BCUT2D eigenvalue weighted by Gasteiger charge is -2.13. The van der Waals surface area contributed by atoms with Gasteiger partial charge in [-0.15, -0.1) is 11.3 Å². The number of rotatable bonds is 2. The van der Waals surface area contributed by atoms with E-state index in [9.17, 15) is 5.11 Å². The average molecular weight is 297 g/mol. The molecule has 0 aliphatic heterocycles. The van der Waals surface area contributed by atoms with Crippen LogP contribution in [0.15, 0.2) is 24.3 Å². The molecule has 0 aliphatic carbocycles. The highest BCUT2D eigenvalue weighted by atomic mass is 35.6. The van der Waals surface area contributed by atoms with Crippen molar-refractivity contribution in [1.82, 2.24) is 4.98 Å². The van der Waals surface area contributed by atoms with Crippen LogP contribution < -0.4 is 0 Å². The molecule has 1 heterocycles. The van der Waals surface area contributed by atoms with E-state index in [1.54, 1.807) is 0 Å². The van der Waals surface area contributed by atoms with Crippen LogP contribution in [-0.2, 0) is 0 Å². The molecule has 0 radical (unpaired) electrons. The maximum absolute atomic E-state index is 9.85. The van der Waals surface area contributed by atoms with E-state index in [0.29, 0.717) is 5.01 Å². The summed E-state index contributed by atoms with van der Waals surface area (Å²) in [5.41, 5.74) is 0.853. The van der Waals surface area contributed by atoms with Gasteiger partial charge in [0.15, 0.2) is 3.79 Å². The largest absolute Gasteiger partial charge is 0.386 e. The van der Waals surface area contributed by atoms with E-state index in [0.717, 1.165) is 10.2 Å². The van der Waals surface area contributed by atoms with Crippen LogP contribution in [0.3, 0.4) is 0 Å². The molecule has 1 aromatic heterocycles. The van der Waals surface area contributed by atoms with Crippen molar-refractivity contribution < 1.29 is 5.11 Å². The van der Waals surface area contributed by atoms with Crippen LogP contribution in [0.1, 0.15) is 17.5 Å². The summed E-state index contributed by atoms with van der Waals surface area (Å²) in [6.07, 6.45) is -0.804. The minimum atomic E-state index is -1.46. The van der Waals surface area contributed by atoms with Crippen molar-refractivity contribution >= 4 is 56.4 Å². The summed E-state index contributed by atoms with van der Waals surface area (Å²) in [6, 6.07) is 7.65. The fourth-order valence-electron chi connectivity index (χ4n) is 1.34. The smallest absolute Gasteiger partial charge is 0.193 e. The molecule has 2 nitrogen and oxygen atoms in total. The van der Waals surface area contributed by atoms with Crippen LogP contribution in [0.2, 0.25) is 0 Å². The Morgan fingerprint density at radius 1 is 1.31 bits per heavy atom. The van der Waals surface area contributed by atoms with Crippen molar-refractivity contribution in [3.05, 3.63) is 29.3 Å². The van der Waals surface area contributed by atoms with Gasteiger partial charge in [0.25, 0.3) is 0 Å². The maximum atomic E-state index is 9.85. The lowest BCUT2D eigenvalue weighted by molar-refractivity contribution is 0.169. The summed E-state index contributed by atoms with van der Waals surface area (Å²) in [7, 11) is 0. The molecule has 0 aliphatic rings. The Morgan fingerprint density at radius 3 is 2.62 bits per heavy atom. The van der Waals surface area contributed by atoms with Gasteiger partial charge in [-0.3, -0.25) is 0 Å². The number of nitrogens with zero attached hydrogens (tertiary/aromatic N) is 1. The molecule has 16 heavy (non-hydrogen) atoms. The van der Waals surface area contributed by atoms with Crippen LogP contribution in [0, 0.1) is 0 Å². The van der Waals surface area contributed by atoms with E-state index < -0.39 is 9.90 Å². The number of hydrogen-bond donors (Lipinski definition) is 1. The summed E-state index contributed by atoms with van der Waals surface area (Å²) in [5.74, 6) is 0. The van der Waals surface area contributed by atoms with Gasteiger partial charge >= 0.3 is 0 Å². The van der Waals surface area contributed by atoms with E-state index in [1.165, 1.54) is 11.3 Å². The number of aromatic nitrogens is 1. The topological polar surface area (TPSA) is 33.1 Å². The van der Waals surface area contributed by atoms with Crippen molar-refractivity contribution in [3.63, 3.8) is 0 Å². The average Bonchev–Trinajstić information content (AvgIpc) is 2.58. The number of alkyl halides is 3. The summed E-state index contributed by atoms with van der Waals surface area (Å²) < 4.78 is -0.446. The number of thiazole rings is 1. The van der Waals surface area contributed by atoms with Gasteiger partial charge in [0.1, 0.15) is 11.1 Å². The number of hydrogen-bond acceptors (Lipinski definition) is 3. The van der Waals surface area contributed by atoms with Crippen LogP contribution >= 0.6 is 46.1 Å². The summed E-state index contributed by atoms with van der Waals surface area (Å²) in [4.78, 5) is 4.29. The minimum Gasteiger partial charge on any atom is -0.386 e. The SMILES string of the molecule is O[C@@H](CC(Cl)(Cl)Cl)c1nc2ccccc2s1. The molecule has 2 aromatic rings. The van der Waals surface area contributed by atoms with Gasteiger partial charge in [-0.2, -0.15) is 0 Å². The predicted octanol–water partition coefficient (Wildman–Crippen LogP) is 4.09. The number of para-hydroxylation sites is 1. The van der Waals surface area contributed by atoms with Gasteiger partial charge in [0.2, 0.25) is 0 Å². The highest BCUT2D eigenvalue weighted by Gasteiger charge is 2.26. The molecule has 0 saturated carbocycles. The van der Waals surface area contributed by atoms with E-state index in [2.05, 4.69) is 4.98 Å². The highest BCUT2D eigenvalue weighted by Crippen LogP contribution is 2.38. The van der Waals surface area contributed by atoms with Gasteiger partial charge in [0, 0.05) is 6.42 Å². The Balaban J connectivity index is 2.26. The summed E-state index contributed by atoms with van der Waals surface area (Å²) in [6.45, 7) is 0. The van der Waals surface area contributed by atoms with E-state index >= 15 is 0 Å².